The summed E-state index contributed by atoms with van der Waals surface area (Å²) in [5.74, 6) is -0.607. The number of hydrogen-bond acceptors (Lipinski definition) is 3. The lowest BCUT2D eigenvalue weighted by atomic mass is 10.2. The Morgan fingerprint density at radius 1 is 1.32 bits per heavy atom. The summed E-state index contributed by atoms with van der Waals surface area (Å²) in [6, 6.07) is 1.01. The van der Waals surface area contributed by atoms with Crippen molar-refractivity contribution in [2.24, 2.45) is 5.14 Å². The molecule has 9 heteroatoms. The molecule has 0 bridgehead atoms. The zero-order valence-corrected chi connectivity index (χ0v) is 12.9. The minimum absolute atomic E-state index is 0.114. The topological polar surface area (TPSA) is 89.3 Å². The normalized spacial score (nSPS) is 11.4. The first-order chi connectivity index (χ1) is 8.70. The summed E-state index contributed by atoms with van der Waals surface area (Å²) in [6.45, 7) is 2.25. The third-order valence-corrected chi connectivity index (χ3v) is 4.42. The monoisotopic (exact) mass is 344 g/mol. The zero-order chi connectivity index (χ0) is 14.8. The fraction of sp³-hybridized carbons (Fsp3) is 0.300. The third kappa shape index (κ3) is 3.73. The van der Waals surface area contributed by atoms with Crippen LogP contribution in [0.3, 0.4) is 0 Å². The van der Waals surface area contributed by atoms with Crippen molar-refractivity contribution < 1.29 is 13.2 Å². The molecule has 0 saturated carbocycles. The maximum atomic E-state index is 11.9. The molecule has 0 spiro atoms. The van der Waals surface area contributed by atoms with Gasteiger partial charge in [-0.25, -0.2) is 13.6 Å². The first-order valence-electron chi connectivity index (χ1n) is 5.18. The quantitative estimate of drug-likeness (QED) is 0.821. The van der Waals surface area contributed by atoms with E-state index in [0.717, 1.165) is 6.07 Å². The van der Waals surface area contributed by atoms with Gasteiger partial charge >= 0.3 is 0 Å². The number of nitrogens with one attached hydrogen (secondary N) is 1. The molecule has 1 amide bonds. The number of primary sulfonamides is 1. The van der Waals surface area contributed by atoms with Crippen LogP contribution in [0.25, 0.3) is 0 Å². The molecule has 0 radical (unpaired) electrons. The number of rotatable bonds is 4. The highest BCUT2D eigenvalue weighted by molar-refractivity contribution is 7.89. The molecule has 0 aliphatic rings. The van der Waals surface area contributed by atoms with Crippen LogP contribution in [0.2, 0.25) is 15.1 Å². The van der Waals surface area contributed by atoms with Crippen LogP contribution in [0.5, 0.6) is 0 Å². The van der Waals surface area contributed by atoms with Gasteiger partial charge in [-0.2, -0.15) is 0 Å². The molecule has 0 aromatic heterocycles. The number of halogens is 3. The van der Waals surface area contributed by atoms with Gasteiger partial charge in [0.25, 0.3) is 5.91 Å². The van der Waals surface area contributed by atoms with Crippen molar-refractivity contribution in [1.82, 2.24) is 5.32 Å². The Bertz CT molecular complexity index is 617. The molecular formula is C10H11Cl3N2O3S. The lowest BCUT2D eigenvalue weighted by Gasteiger charge is -2.12. The number of nitrogens with two attached hydrogens (primary N) is 1. The summed E-state index contributed by atoms with van der Waals surface area (Å²) in [5, 5.41) is 6.96. The number of amides is 1. The van der Waals surface area contributed by atoms with E-state index in [1.54, 1.807) is 0 Å². The van der Waals surface area contributed by atoms with Gasteiger partial charge in [-0.05, 0) is 12.5 Å². The summed E-state index contributed by atoms with van der Waals surface area (Å²) in [6.07, 6.45) is 0.698. The third-order valence-electron chi connectivity index (χ3n) is 2.19. The molecule has 0 aliphatic carbocycles. The molecule has 0 aliphatic heterocycles. The van der Waals surface area contributed by atoms with Crippen molar-refractivity contribution in [3.8, 4) is 0 Å². The maximum absolute atomic E-state index is 11.9. The molecule has 0 unspecified atom stereocenters. The fourth-order valence-electron chi connectivity index (χ4n) is 1.31. The lowest BCUT2D eigenvalue weighted by molar-refractivity contribution is 0.0954. The molecule has 0 fully saturated rings. The second kappa shape index (κ2) is 6.28. The van der Waals surface area contributed by atoms with Crippen molar-refractivity contribution in [3.63, 3.8) is 0 Å². The highest BCUT2D eigenvalue weighted by atomic mass is 35.5. The van der Waals surface area contributed by atoms with Gasteiger partial charge in [-0.15, -0.1) is 0 Å². The number of benzene rings is 1. The molecule has 0 saturated heterocycles. The standard InChI is InChI=1S/C10H11Cl3N2O3S/c1-2-3-15-10(16)7-8(12)5(11)4-6(9(7)13)19(14,17)18/h4H,2-3H2,1H3,(H,15,16)(H2,14,17,18). The van der Waals surface area contributed by atoms with Gasteiger partial charge in [0.1, 0.15) is 4.90 Å². The van der Waals surface area contributed by atoms with Crippen LogP contribution in [-0.2, 0) is 10.0 Å². The summed E-state index contributed by atoms with van der Waals surface area (Å²) in [7, 11) is -4.10. The molecule has 5 nitrogen and oxygen atoms in total. The molecule has 1 aromatic rings. The predicted octanol–water partition coefficient (Wildman–Crippen LogP) is 2.43. The highest BCUT2D eigenvalue weighted by Crippen LogP contribution is 2.36. The summed E-state index contributed by atoms with van der Waals surface area (Å²) in [5.41, 5.74) is -0.201. The summed E-state index contributed by atoms with van der Waals surface area (Å²) >= 11 is 17.5. The van der Waals surface area contributed by atoms with Crippen molar-refractivity contribution in [2.45, 2.75) is 18.2 Å². The van der Waals surface area contributed by atoms with E-state index in [1.807, 2.05) is 6.92 Å². The van der Waals surface area contributed by atoms with Crippen LogP contribution in [0, 0.1) is 0 Å². The van der Waals surface area contributed by atoms with Crippen molar-refractivity contribution >= 4 is 50.7 Å². The number of hydrogen-bond donors (Lipinski definition) is 2. The predicted molar refractivity (Wildman–Crippen MR) is 75.5 cm³/mol. The molecule has 106 valence electrons. The van der Waals surface area contributed by atoms with Crippen LogP contribution in [-0.4, -0.2) is 20.9 Å². The second-order valence-electron chi connectivity index (χ2n) is 3.66. The molecule has 0 atom stereocenters. The van der Waals surface area contributed by atoms with Gasteiger partial charge in [0, 0.05) is 6.54 Å². The largest absolute Gasteiger partial charge is 0.352 e. The van der Waals surface area contributed by atoms with Crippen LogP contribution in [0.1, 0.15) is 23.7 Å². The Hall–Kier alpha value is -0.530. The van der Waals surface area contributed by atoms with E-state index >= 15 is 0 Å². The Kier molecular flexibility index (Phi) is 5.46. The zero-order valence-electron chi connectivity index (χ0n) is 9.84. The molecule has 0 heterocycles. The number of sulfonamides is 1. The van der Waals surface area contributed by atoms with Gasteiger partial charge in [-0.3, -0.25) is 4.79 Å². The smallest absolute Gasteiger partial charge is 0.254 e. The number of carbonyl (C=O) groups excluding carboxylic acids is 1. The van der Waals surface area contributed by atoms with Crippen LogP contribution in [0.4, 0.5) is 0 Å². The maximum Gasteiger partial charge on any atom is 0.254 e. The first kappa shape index (κ1) is 16.5. The van der Waals surface area contributed by atoms with E-state index in [2.05, 4.69) is 5.32 Å². The summed E-state index contributed by atoms with van der Waals surface area (Å²) < 4.78 is 22.7. The Morgan fingerprint density at radius 2 is 1.89 bits per heavy atom. The van der Waals surface area contributed by atoms with Crippen LogP contribution in [0.15, 0.2) is 11.0 Å². The van der Waals surface area contributed by atoms with Crippen molar-refractivity contribution in [2.75, 3.05) is 6.54 Å². The second-order valence-corrected chi connectivity index (χ2v) is 6.35. The average molecular weight is 346 g/mol. The van der Waals surface area contributed by atoms with Crippen molar-refractivity contribution in [3.05, 3.63) is 26.7 Å². The van der Waals surface area contributed by atoms with E-state index < -0.39 is 20.8 Å². The van der Waals surface area contributed by atoms with Crippen LogP contribution < -0.4 is 10.5 Å². The van der Waals surface area contributed by atoms with Crippen LogP contribution >= 0.6 is 34.8 Å². The molecular weight excluding hydrogens is 335 g/mol. The Morgan fingerprint density at radius 3 is 2.37 bits per heavy atom. The minimum atomic E-state index is -4.10. The number of carbonyl (C=O) groups is 1. The van der Waals surface area contributed by atoms with Gasteiger partial charge in [0.15, 0.2) is 0 Å². The Balaban J connectivity index is 3.47. The van der Waals surface area contributed by atoms with E-state index in [1.165, 1.54) is 0 Å². The summed E-state index contributed by atoms with van der Waals surface area (Å²) in [4.78, 5) is 11.5. The molecule has 3 N–H and O–H groups in total. The lowest BCUT2D eigenvalue weighted by Crippen LogP contribution is -2.25. The molecule has 19 heavy (non-hydrogen) atoms. The van der Waals surface area contributed by atoms with Gasteiger partial charge < -0.3 is 5.32 Å². The van der Waals surface area contributed by atoms with E-state index in [0.29, 0.717) is 13.0 Å². The highest BCUT2D eigenvalue weighted by Gasteiger charge is 2.25. The SMILES string of the molecule is CCCNC(=O)c1c(Cl)c(Cl)cc(S(N)(=O)=O)c1Cl. The average Bonchev–Trinajstić information content (AvgIpc) is 2.30. The minimum Gasteiger partial charge on any atom is -0.352 e. The van der Waals surface area contributed by atoms with E-state index in [9.17, 15) is 13.2 Å². The Labute approximate surface area is 126 Å². The van der Waals surface area contributed by atoms with Gasteiger partial charge in [0.2, 0.25) is 10.0 Å². The van der Waals surface area contributed by atoms with E-state index in [-0.39, 0.29) is 20.6 Å². The molecule has 1 rings (SSSR count). The molecule has 1 aromatic carbocycles. The first-order valence-corrected chi connectivity index (χ1v) is 7.86. The van der Waals surface area contributed by atoms with Crippen molar-refractivity contribution in [1.29, 1.82) is 0 Å². The van der Waals surface area contributed by atoms with Gasteiger partial charge in [0.05, 0.1) is 20.6 Å². The van der Waals surface area contributed by atoms with E-state index in [4.69, 9.17) is 39.9 Å². The van der Waals surface area contributed by atoms with Gasteiger partial charge in [-0.1, -0.05) is 41.7 Å². The fourth-order valence-corrected chi connectivity index (χ4v) is 3.06.